The van der Waals surface area contributed by atoms with Crippen LogP contribution in [0.5, 0.6) is 5.75 Å². The monoisotopic (exact) mass is 282 g/mol. The van der Waals surface area contributed by atoms with E-state index < -0.39 is 0 Å². The zero-order valence-corrected chi connectivity index (χ0v) is 11.8. The van der Waals surface area contributed by atoms with Crippen LogP contribution in [0.3, 0.4) is 0 Å². The molecular weight excluding hydrogens is 264 g/mol. The molecule has 0 spiro atoms. The van der Waals surface area contributed by atoms with E-state index in [9.17, 15) is 0 Å². The smallest absolute Gasteiger partial charge is 0.119 e. The van der Waals surface area contributed by atoms with Gasteiger partial charge < -0.3 is 4.74 Å². The normalized spacial score (nSPS) is 21.9. The Kier molecular flexibility index (Phi) is 3.29. The van der Waals surface area contributed by atoms with Gasteiger partial charge in [0.25, 0.3) is 0 Å². The van der Waals surface area contributed by atoms with Crippen LogP contribution in [0.1, 0.15) is 44.6 Å². The summed E-state index contributed by atoms with van der Waals surface area (Å²) in [6.45, 7) is 4.61. The molecule has 0 saturated heterocycles. The minimum absolute atomic E-state index is 0.550. The fourth-order valence-electron chi connectivity index (χ4n) is 2.73. The van der Waals surface area contributed by atoms with Crippen molar-refractivity contribution in [3.63, 3.8) is 0 Å². The summed E-state index contributed by atoms with van der Waals surface area (Å²) in [6.07, 6.45) is 3.88. The first-order valence-electron chi connectivity index (χ1n) is 6.00. The van der Waals surface area contributed by atoms with Crippen LogP contribution in [-0.4, -0.2) is 7.11 Å². The van der Waals surface area contributed by atoms with Crippen molar-refractivity contribution >= 4 is 15.9 Å². The zero-order valence-electron chi connectivity index (χ0n) is 10.2. The van der Waals surface area contributed by atoms with Crippen LogP contribution < -0.4 is 4.74 Å². The second kappa shape index (κ2) is 4.40. The van der Waals surface area contributed by atoms with Crippen molar-refractivity contribution in [2.24, 2.45) is 5.41 Å². The van der Waals surface area contributed by atoms with Crippen LogP contribution >= 0.6 is 15.9 Å². The number of methoxy groups -OCH3 is 1. The molecule has 1 aromatic rings. The van der Waals surface area contributed by atoms with Crippen molar-refractivity contribution in [1.82, 2.24) is 0 Å². The van der Waals surface area contributed by atoms with E-state index in [-0.39, 0.29) is 0 Å². The van der Waals surface area contributed by atoms with E-state index in [1.807, 2.05) is 6.07 Å². The van der Waals surface area contributed by atoms with E-state index in [1.54, 1.807) is 7.11 Å². The summed E-state index contributed by atoms with van der Waals surface area (Å²) in [6, 6.07) is 6.29. The number of benzene rings is 1. The molecule has 88 valence electrons. The first-order chi connectivity index (χ1) is 7.66. The van der Waals surface area contributed by atoms with Crippen LogP contribution in [0, 0.1) is 5.41 Å². The van der Waals surface area contributed by atoms with Crippen molar-refractivity contribution in [1.29, 1.82) is 0 Å². The van der Waals surface area contributed by atoms with Crippen molar-refractivity contribution in [3.05, 3.63) is 28.2 Å². The second-order valence-corrected chi connectivity index (χ2v) is 5.57. The molecule has 1 aliphatic rings. The van der Waals surface area contributed by atoms with Crippen molar-refractivity contribution in [2.75, 3.05) is 7.11 Å². The van der Waals surface area contributed by atoms with E-state index in [1.165, 1.54) is 29.3 Å². The first kappa shape index (κ1) is 12.0. The molecule has 0 heterocycles. The number of rotatable bonds is 4. The molecule has 1 atom stereocenters. The summed E-state index contributed by atoms with van der Waals surface area (Å²) >= 11 is 3.65. The van der Waals surface area contributed by atoms with Gasteiger partial charge in [-0.25, -0.2) is 0 Å². The topological polar surface area (TPSA) is 9.23 Å². The Balaban J connectivity index is 2.29. The summed E-state index contributed by atoms with van der Waals surface area (Å²) in [4.78, 5) is 0. The first-order valence-corrected chi connectivity index (χ1v) is 6.79. The Morgan fingerprint density at radius 3 is 2.56 bits per heavy atom. The van der Waals surface area contributed by atoms with Crippen LogP contribution in [0.2, 0.25) is 0 Å². The molecular formula is C14H19BrO. The van der Waals surface area contributed by atoms with Crippen LogP contribution in [0.25, 0.3) is 0 Å². The lowest BCUT2D eigenvalue weighted by atomic mass is 9.93. The van der Waals surface area contributed by atoms with Gasteiger partial charge in [-0.3, -0.25) is 0 Å². The van der Waals surface area contributed by atoms with Crippen LogP contribution in [0.15, 0.2) is 22.7 Å². The molecule has 1 unspecified atom stereocenters. The molecule has 16 heavy (non-hydrogen) atoms. The van der Waals surface area contributed by atoms with Gasteiger partial charge in [-0.2, -0.15) is 0 Å². The third-order valence-electron chi connectivity index (χ3n) is 4.18. The molecule has 2 heteroatoms. The van der Waals surface area contributed by atoms with E-state index in [2.05, 4.69) is 41.9 Å². The van der Waals surface area contributed by atoms with Crippen molar-refractivity contribution in [3.8, 4) is 5.75 Å². The Hall–Kier alpha value is -0.500. The Morgan fingerprint density at radius 2 is 2.06 bits per heavy atom. The lowest BCUT2D eigenvalue weighted by molar-refractivity contribution is 0.413. The third kappa shape index (κ3) is 1.88. The summed E-state index contributed by atoms with van der Waals surface area (Å²) in [7, 11) is 1.73. The van der Waals surface area contributed by atoms with E-state index in [0.29, 0.717) is 11.3 Å². The van der Waals surface area contributed by atoms with Gasteiger partial charge >= 0.3 is 0 Å². The van der Waals surface area contributed by atoms with Crippen LogP contribution in [0.4, 0.5) is 0 Å². The molecule has 1 saturated carbocycles. The maximum atomic E-state index is 5.30. The summed E-state index contributed by atoms with van der Waals surface area (Å²) in [5.74, 6) is 1.68. The molecule has 0 bridgehead atoms. The molecule has 0 N–H and O–H groups in total. The van der Waals surface area contributed by atoms with Gasteiger partial charge in [0.1, 0.15) is 5.75 Å². The second-order valence-electron chi connectivity index (χ2n) is 4.71. The van der Waals surface area contributed by atoms with Crippen LogP contribution in [-0.2, 0) is 0 Å². The van der Waals surface area contributed by atoms with Gasteiger partial charge in [-0.05, 0) is 54.4 Å². The molecule has 1 fully saturated rings. The Morgan fingerprint density at radius 1 is 1.38 bits per heavy atom. The van der Waals surface area contributed by atoms with E-state index in [4.69, 9.17) is 4.74 Å². The minimum Gasteiger partial charge on any atom is -0.497 e. The lowest BCUT2D eigenvalue weighted by Gasteiger charge is -2.14. The Bertz CT molecular complexity index is 382. The number of hydrogen-bond donors (Lipinski definition) is 0. The van der Waals surface area contributed by atoms with Gasteiger partial charge in [0.15, 0.2) is 0 Å². The fraction of sp³-hybridized carbons (Fsp3) is 0.571. The third-order valence-corrected chi connectivity index (χ3v) is 4.90. The van der Waals surface area contributed by atoms with E-state index >= 15 is 0 Å². The molecule has 1 aromatic carbocycles. The number of halogens is 1. The predicted molar refractivity (Wildman–Crippen MR) is 71.1 cm³/mol. The molecule has 1 nitrogen and oxygen atoms in total. The largest absolute Gasteiger partial charge is 0.497 e. The van der Waals surface area contributed by atoms with Gasteiger partial charge in [0.2, 0.25) is 0 Å². The highest BCUT2D eigenvalue weighted by atomic mass is 79.9. The van der Waals surface area contributed by atoms with E-state index in [0.717, 1.165) is 5.75 Å². The number of ether oxygens (including phenoxy) is 1. The van der Waals surface area contributed by atoms with Gasteiger partial charge in [-0.15, -0.1) is 0 Å². The van der Waals surface area contributed by atoms with Gasteiger partial charge in [0.05, 0.1) is 7.11 Å². The maximum absolute atomic E-state index is 5.30. The highest BCUT2D eigenvalue weighted by Gasteiger charge is 2.52. The lowest BCUT2D eigenvalue weighted by Crippen LogP contribution is -2.00. The quantitative estimate of drug-likeness (QED) is 0.774. The molecule has 0 amide bonds. The minimum atomic E-state index is 0.550. The summed E-state index contributed by atoms with van der Waals surface area (Å²) < 4.78 is 6.53. The molecule has 2 rings (SSSR count). The average Bonchev–Trinajstić information content (AvgIpc) is 3.05. The molecule has 1 aliphatic carbocycles. The highest BCUT2D eigenvalue weighted by Crippen LogP contribution is 2.64. The summed E-state index contributed by atoms with van der Waals surface area (Å²) in [5.41, 5.74) is 1.97. The SMILES string of the molecule is CCC1(CC)CC1c1cc(OC)ccc1Br. The standard InChI is InChI=1S/C14H19BrO/c1-4-14(5-2)9-12(14)11-8-10(16-3)6-7-13(11)15/h6-8,12H,4-5,9H2,1-3H3. The Labute approximate surface area is 106 Å². The van der Waals surface area contributed by atoms with Gasteiger partial charge in [0, 0.05) is 4.47 Å². The maximum Gasteiger partial charge on any atom is 0.119 e. The highest BCUT2D eigenvalue weighted by molar-refractivity contribution is 9.10. The van der Waals surface area contributed by atoms with Gasteiger partial charge in [-0.1, -0.05) is 29.8 Å². The molecule has 0 aromatic heterocycles. The number of hydrogen-bond acceptors (Lipinski definition) is 1. The predicted octanol–water partition coefficient (Wildman–Crippen LogP) is 4.75. The molecule has 0 radical (unpaired) electrons. The van der Waals surface area contributed by atoms with Crippen molar-refractivity contribution in [2.45, 2.75) is 39.0 Å². The summed E-state index contributed by atoms with van der Waals surface area (Å²) in [5, 5.41) is 0. The molecule has 0 aliphatic heterocycles. The average molecular weight is 283 g/mol. The van der Waals surface area contributed by atoms with Crippen molar-refractivity contribution < 1.29 is 4.74 Å². The zero-order chi connectivity index (χ0) is 11.8. The fourth-order valence-corrected chi connectivity index (χ4v) is 3.26.